The van der Waals surface area contributed by atoms with E-state index in [9.17, 15) is 4.39 Å². The summed E-state index contributed by atoms with van der Waals surface area (Å²) in [6, 6.07) is 2.79. The number of hydrogen-bond acceptors (Lipinski definition) is 4. The van der Waals surface area contributed by atoms with Gasteiger partial charge in [-0.3, -0.25) is 4.98 Å². The number of aromatic nitrogens is 2. The van der Waals surface area contributed by atoms with E-state index >= 15 is 0 Å². The average molecular weight is 247 g/mol. The molecule has 0 radical (unpaired) electrons. The van der Waals surface area contributed by atoms with Gasteiger partial charge in [-0.2, -0.15) is 0 Å². The van der Waals surface area contributed by atoms with Crippen molar-refractivity contribution in [3.05, 3.63) is 41.1 Å². The molecule has 0 fully saturated rings. The Hall–Kier alpha value is -2.17. The second-order valence-electron chi connectivity index (χ2n) is 4.14. The molecule has 94 valence electrons. The minimum absolute atomic E-state index is 0.102. The first kappa shape index (κ1) is 12.3. The van der Waals surface area contributed by atoms with Gasteiger partial charge in [0.1, 0.15) is 0 Å². The third-order valence-electron chi connectivity index (χ3n) is 2.56. The van der Waals surface area contributed by atoms with Crippen LogP contribution in [0.15, 0.2) is 18.3 Å². The summed E-state index contributed by atoms with van der Waals surface area (Å²) < 4.78 is 19.1. The number of anilines is 1. The molecule has 2 aromatic rings. The first-order valence-electron chi connectivity index (χ1n) is 5.51. The van der Waals surface area contributed by atoms with Crippen LogP contribution in [0.3, 0.4) is 0 Å². The molecule has 2 rings (SSSR count). The molecule has 0 saturated carbocycles. The Kier molecular flexibility index (Phi) is 3.14. The molecule has 5 heteroatoms. The molecule has 0 atom stereocenters. The Morgan fingerprint density at radius 3 is 2.67 bits per heavy atom. The zero-order valence-corrected chi connectivity index (χ0v) is 10.5. The number of benzene rings is 1. The SMILES string of the molecule is Cc1cnc(C)c(Oc2cc(C)c(N)cc2F)n1. The largest absolute Gasteiger partial charge is 0.434 e. The van der Waals surface area contributed by atoms with Crippen molar-refractivity contribution in [1.29, 1.82) is 0 Å². The highest BCUT2D eigenvalue weighted by atomic mass is 19.1. The summed E-state index contributed by atoms with van der Waals surface area (Å²) in [4.78, 5) is 8.29. The van der Waals surface area contributed by atoms with E-state index < -0.39 is 5.82 Å². The van der Waals surface area contributed by atoms with Gasteiger partial charge in [0.2, 0.25) is 5.88 Å². The highest BCUT2D eigenvalue weighted by Gasteiger charge is 2.11. The average Bonchev–Trinajstić information content (AvgIpc) is 2.30. The second kappa shape index (κ2) is 4.60. The Morgan fingerprint density at radius 2 is 1.94 bits per heavy atom. The summed E-state index contributed by atoms with van der Waals surface area (Å²) in [6.45, 7) is 5.34. The number of ether oxygens (including phenoxy) is 1. The predicted octanol–water partition coefficient (Wildman–Crippen LogP) is 2.92. The van der Waals surface area contributed by atoms with E-state index in [-0.39, 0.29) is 5.75 Å². The Morgan fingerprint density at radius 1 is 1.22 bits per heavy atom. The lowest BCUT2D eigenvalue weighted by Crippen LogP contribution is -1.99. The lowest BCUT2D eigenvalue weighted by molar-refractivity contribution is 0.420. The van der Waals surface area contributed by atoms with Gasteiger partial charge >= 0.3 is 0 Å². The van der Waals surface area contributed by atoms with Crippen molar-refractivity contribution in [3.8, 4) is 11.6 Å². The van der Waals surface area contributed by atoms with Crippen LogP contribution in [0.1, 0.15) is 17.0 Å². The molecule has 1 aromatic carbocycles. The van der Waals surface area contributed by atoms with Crippen LogP contribution in [0.25, 0.3) is 0 Å². The van der Waals surface area contributed by atoms with Crippen LogP contribution in [0.5, 0.6) is 11.6 Å². The Labute approximate surface area is 105 Å². The molecule has 1 heterocycles. The zero-order valence-electron chi connectivity index (χ0n) is 10.5. The predicted molar refractivity (Wildman–Crippen MR) is 67.1 cm³/mol. The summed E-state index contributed by atoms with van der Waals surface area (Å²) in [7, 11) is 0. The van der Waals surface area contributed by atoms with Crippen LogP contribution in [-0.4, -0.2) is 9.97 Å². The van der Waals surface area contributed by atoms with Gasteiger partial charge < -0.3 is 10.5 Å². The fourth-order valence-corrected chi connectivity index (χ4v) is 1.46. The highest BCUT2D eigenvalue weighted by molar-refractivity contribution is 5.51. The van der Waals surface area contributed by atoms with Gasteiger partial charge in [0.25, 0.3) is 0 Å². The molecule has 0 aliphatic rings. The fraction of sp³-hybridized carbons (Fsp3) is 0.231. The molecule has 0 bridgehead atoms. The molecule has 0 saturated heterocycles. The zero-order chi connectivity index (χ0) is 13.3. The number of rotatable bonds is 2. The summed E-state index contributed by atoms with van der Waals surface area (Å²) >= 11 is 0. The number of aryl methyl sites for hydroxylation is 3. The summed E-state index contributed by atoms with van der Waals surface area (Å²) in [5.41, 5.74) is 8.08. The van der Waals surface area contributed by atoms with Crippen molar-refractivity contribution >= 4 is 5.69 Å². The number of nitrogens with zero attached hydrogens (tertiary/aromatic N) is 2. The van der Waals surface area contributed by atoms with Gasteiger partial charge in [0, 0.05) is 18.0 Å². The molecule has 0 aliphatic heterocycles. The van der Waals surface area contributed by atoms with Crippen molar-refractivity contribution in [2.24, 2.45) is 0 Å². The van der Waals surface area contributed by atoms with Gasteiger partial charge in [-0.25, -0.2) is 9.37 Å². The molecule has 2 N–H and O–H groups in total. The van der Waals surface area contributed by atoms with Gasteiger partial charge in [0.05, 0.1) is 11.4 Å². The van der Waals surface area contributed by atoms with Crippen LogP contribution in [-0.2, 0) is 0 Å². The van der Waals surface area contributed by atoms with Crippen molar-refractivity contribution in [2.75, 3.05) is 5.73 Å². The number of nitrogen functional groups attached to an aromatic ring is 1. The van der Waals surface area contributed by atoms with Gasteiger partial charge in [-0.1, -0.05) is 0 Å². The Bertz CT molecular complexity index is 599. The standard InChI is InChI=1S/C13H14FN3O/c1-7-4-12(10(14)5-11(7)15)18-13-9(3)16-6-8(2)17-13/h4-6H,15H2,1-3H3. The maximum atomic E-state index is 13.7. The van der Waals surface area contributed by atoms with Gasteiger partial charge in [-0.15, -0.1) is 0 Å². The quantitative estimate of drug-likeness (QED) is 0.829. The maximum absolute atomic E-state index is 13.7. The van der Waals surface area contributed by atoms with Gasteiger partial charge in [0.15, 0.2) is 11.6 Å². The van der Waals surface area contributed by atoms with E-state index in [0.29, 0.717) is 23.0 Å². The molecular weight excluding hydrogens is 233 g/mol. The third kappa shape index (κ3) is 2.40. The van der Waals surface area contributed by atoms with E-state index in [1.807, 2.05) is 0 Å². The molecule has 0 amide bonds. The molecule has 4 nitrogen and oxygen atoms in total. The maximum Gasteiger partial charge on any atom is 0.241 e. The topological polar surface area (TPSA) is 61.0 Å². The molecule has 18 heavy (non-hydrogen) atoms. The summed E-state index contributed by atoms with van der Waals surface area (Å²) in [5, 5.41) is 0. The second-order valence-corrected chi connectivity index (χ2v) is 4.14. The minimum atomic E-state index is -0.513. The van der Waals surface area contributed by atoms with Crippen LogP contribution < -0.4 is 10.5 Å². The summed E-state index contributed by atoms with van der Waals surface area (Å²) in [6.07, 6.45) is 1.63. The third-order valence-corrected chi connectivity index (χ3v) is 2.56. The first-order valence-corrected chi connectivity index (χ1v) is 5.51. The van der Waals surface area contributed by atoms with Crippen LogP contribution in [0.2, 0.25) is 0 Å². The molecule has 1 aromatic heterocycles. The summed E-state index contributed by atoms with van der Waals surface area (Å²) in [5.74, 6) is -0.108. The number of halogens is 1. The van der Waals surface area contributed by atoms with Crippen LogP contribution >= 0.6 is 0 Å². The number of nitrogens with two attached hydrogens (primary N) is 1. The van der Waals surface area contributed by atoms with Crippen molar-refractivity contribution in [3.63, 3.8) is 0 Å². The van der Waals surface area contributed by atoms with Crippen molar-refractivity contribution < 1.29 is 9.13 Å². The molecule has 0 spiro atoms. The normalized spacial score (nSPS) is 10.4. The molecule has 0 unspecified atom stereocenters. The first-order chi connectivity index (χ1) is 8.47. The van der Waals surface area contributed by atoms with E-state index in [1.165, 1.54) is 6.07 Å². The minimum Gasteiger partial charge on any atom is -0.434 e. The van der Waals surface area contributed by atoms with Crippen molar-refractivity contribution in [1.82, 2.24) is 9.97 Å². The number of hydrogen-bond donors (Lipinski definition) is 1. The smallest absolute Gasteiger partial charge is 0.241 e. The van der Waals surface area contributed by atoms with E-state index in [4.69, 9.17) is 10.5 Å². The van der Waals surface area contributed by atoms with E-state index in [0.717, 1.165) is 5.56 Å². The molecular formula is C13H14FN3O. The fourth-order valence-electron chi connectivity index (χ4n) is 1.46. The van der Waals surface area contributed by atoms with E-state index in [2.05, 4.69) is 9.97 Å². The lowest BCUT2D eigenvalue weighted by atomic mass is 10.2. The van der Waals surface area contributed by atoms with Crippen LogP contribution in [0.4, 0.5) is 10.1 Å². The lowest BCUT2D eigenvalue weighted by Gasteiger charge is -2.10. The van der Waals surface area contributed by atoms with Crippen molar-refractivity contribution in [2.45, 2.75) is 20.8 Å². The molecule has 0 aliphatic carbocycles. The van der Waals surface area contributed by atoms with Gasteiger partial charge in [-0.05, 0) is 32.4 Å². The van der Waals surface area contributed by atoms with Crippen LogP contribution in [0, 0.1) is 26.6 Å². The highest BCUT2D eigenvalue weighted by Crippen LogP contribution is 2.28. The van der Waals surface area contributed by atoms with E-state index in [1.54, 1.807) is 33.0 Å². The Balaban J connectivity index is 2.40. The monoisotopic (exact) mass is 247 g/mol.